The van der Waals surface area contributed by atoms with Crippen LogP contribution in [-0.2, 0) is 21.2 Å². The fraction of sp³-hybridized carbons (Fsp3) is 0.240. The third-order valence-corrected chi connectivity index (χ3v) is 7.70. The Hall–Kier alpha value is -3.04. The second kappa shape index (κ2) is 11.1. The summed E-state index contributed by atoms with van der Waals surface area (Å²) in [5, 5.41) is 2.81. The molecule has 0 radical (unpaired) electrons. The van der Waals surface area contributed by atoms with Crippen molar-refractivity contribution in [2.75, 3.05) is 11.4 Å². The van der Waals surface area contributed by atoms with E-state index in [1.54, 1.807) is 0 Å². The lowest BCUT2D eigenvalue weighted by atomic mass is 9.96. The van der Waals surface area contributed by atoms with Crippen LogP contribution in [0.25, 0.3) is 0 Å². The Bertz CT molecular complexity index is 1320. The van der Waals surface area contributed by atoms with E-state index < -0.39 is 39.2 Å². The zero-order valence-electron chi connectivity index (χ0n) is 19.1. The van der Waals surface area contributed by atoms with E-state index in [-0.39, 0.29) is 23.6 Å². The van der Waals surface area contributed by atoms with E-state index in [0.717, 1.165) is 22.5 Å². The van der Waals surface area contributed by atoms with Crippen LogP contribution in [0.15, 0.2) is 65.6 Å². The molecule has 5 nitrogen and oxygen atoms in total. The quantitative estimate of drug-likeness (QED) is 0.386. The molecule has 1 amide bonds. The largest absolute Gasteiger partial charge is 0.359 e. The van der Waals surface area contributed by atoms with Crippen molar-refractivity contribution in [3.05, 3.63) is 94.3 Å². The summed E-state index contributed by atoms with van der Waals surface area (Å²) in [5.41, 5.74) is 0.354. The first-order chi connectivity index (χ1) is 16.5. The van der Waals surface area contributed by atoms with Gasteiger partial charge in [0.2, 0.25) is 5.91 Å². The van der Waals surface area contributed by atoms with Crippen LogP contribution in [0.5, 0.6) is 0 Å². The highest BCUT2D eigenvalue weighted by Gasteiger charge is 2.33. The number of carbonyl (C=O) groups is 1. The Kier molecular flexibility index (Phi) is 8.45. The summed E-state index contributed by atoms with van der Waals surface area (Å²) in [6, 6.07) is 10.6. The maximum Gasteiger partial charge on any atom is 0.264 e. The number of carbonyl (C=O) groups excluding carboxylic acids is 1. The van der Waals surface area contributed by atoms with Gasteiger partial charge in [0.1, 0.15) is 17.5 Å². The lowest BCUT2D eigenvalue weighted by Gasteiger charge is -2.32. The minimum atomic E-state index is -4.41. The van der Waals surface area contributed by atoms with E-state index in [1.807, 2.05) is 0 Å². The monoisotopic (exact) mass is 524 g/mol. The lowest BCUT2D eigenvalue weighted by Crippen LogP contribution is -2.35. The summed E-state index contributed by atoms with van der Waals surface area (Å²) in [5.74, 6) is -2.50. The third-order valence-electron chi connectivity index (χ3n) is 5.55. The maximum absolute atomic E-state index is 14.9. The van der Waals surface area contributed by atoms with Crippen molar-refractivity contribution in [2.24, 2.45) is 0 Å². The third kappa shape index (κ3) is 6.15. The predicted molar refractivity (Wildman–Crippen MR) is 129 cm³/mol. The van der Waals surface area contributed by atoms with Crippen molar-refractivity contribution < 1.29 is 26.4 Å². The van der Waals surface area contributed by atoms with E-state index in [9.17, 15) is 26.4 Å². The van der Waals surface area contributed by atoms with Gasteiger partial charge in [-0.2, -0.15) is 0 Å². The summed E-state index contributed by atoms with van der Waals surface area (Å²) in [4.78, 5) is 11.4. The van der Waals surface area contributed by atoms with Crippen LogP contribution in [0.2, 0.25) is 5.02 Å². The van der Waals surface area contributed by atoms with Gasteiger partial charge in [0.15, 0.2) is 0 Å². The van der Waals surface area contributed by atoms with Crippen molar-refractivity contribution >= 4 is 33.2 Å². The molecule has 0 spiro atoms. The number of amides is 1. The summed E-state index contributed by atoms with van der Waals surface area (Å²) >= 11 is 5.90. The molecule has 0 aliphatic carbocycles. The van der Waals surface area contributed by atoms with Crippen molar-refractivity contribution in [2.45, 2.75) is 37.1 Å². The minimum Gasteiger partial charge on any atom is -0.359 e. The summed E-state index contributed by atoms with van der Waals surface area (Å²) in [6.07, 6.45) is 0.832. The average molecular weight is 525 g/mol. The van der Waals surface area contributed by atoms with Crippen LogP contribution in [-0.4, -0.2) is 21.4 Å². The van der Waals surface area contributed by atoms with Crippen LogP contribution >= 0.6 is 11.6 Å². The van der Waals surface area contributed by atoms with Crippen molar-refractivity contribution in [3.8, 4) is 0 Å². The molecule has 0 heterocycles. The van der Waals surface area contributed by atoms with Crippen LogP contribution in [0.1, 0.15) is 36.9 Å². The fourth-order valence-corrected chi connectivity index (χ4v) is 5.57. The Morgan fingerprint density at radius 3 is 2.29 bits per heavy atom. The van der Waals surface area contributed by atoms with Gasteiger partial charge in [0, 0.05) is 24.6 Å². The molecule has 0 aromatic heterocycles. The molecule has 0 saturated heterocycles. The molecule has 0 saturated carbocycles. The van der Waals surface area contributed by atoms with Gasteiger partial charge in [-0.3, -0.25) is 9.10 Å². The minimum absolute atomic E-state index is 0.180. The molecule has 1 N–H and O–H groups in total. The zero-order chi connectivity index (χ0) is 25.8. The zero-order valence-corrected chi connectivity index (χ0v) is 20.6. The fourth-order valence-electron chi connectivity index (χ4n) is 3.81. The molecular weight excluding hydrogens is 501 g/mol. The first-order valence-electron chi connectivity index (χ1n) is 10.8. The van der Waals surface area contributed by atoms with Gasteiger partial charge in [-0.25, -0.2) is 21.6 Å². The first-order valence-corrected chi connectivity index (χ1v) is 12.6. The second-order valence-electron chi connectivity index (χ2n) is 7.90. The SMILES string of the molecule is CNC(=O)CCCc1cc(F)ccc1C(C)N(c1cc(F)ccc1F)S(=O)(=O)c1ccc(Cl)cc1. The molecule has 35 heavy (non-hydrogen) atoms. The van der Waals surface area contributed by atoms with Gasteiger partial charge in [0.25, 0.3) is 10.0 Å². The number of nitrogens with one attached hydrogen (secondary N) is 1. The van der Waals surface area contributed by atoms with Gasteiger partial charge in [-0.1, -0.05) is 17.7 Å². The molecule has 0 aliphatic heterocycles. The van der Waals surface area contributed by atoms with Gasteiger partial charge >= 0.3 is 0 Å². The summed E-state index contributed by atoms with van der Waals surface area (Å²) in [7, 11) is -2.91. The predicted octanol–water partition coefficient (Wildman–Crippen LogP) is 5.78. The highest BCUT2D eigenvalue weighted by Crippen LogP contribution is 2.37. The number of nitrogens with zero attached hydrogens (tertiary/aromatic N) is 1. The standard InChI is InChI=1S/C25H24ClF3N2O3S/c1-16(22-12-8-19(27)14-17(22)4-3-5-25(32)30-2)31(24-15-20(28)9-13-23(24)29)35(33,34)21-10-6-18(26)7-11-21/h6-16H,3-5H2,1-2H3,(H,30,32). The van der Waals surface area contributed by atoms with E-state index in [0.29, 0.717) is 22.6 Å². The molecule has 3 aromatic rings. The number of hydrogen-bond donors (Lipinski definition) is 1. The highest BCUT2D eigenvalue weighted by molar-refractivity contribution is 7.92. The molecule has 186 valence electrons. The summed E-state index contributed by atoms with van der Waals surface area (Å²) < 4.78 is 71.3. The molecule has 0 aliphatic rings. The number of halogens is 4. The normalized spacial score (nSPS) is 12.3. The number of hydrogen-bond acceptors (Lipinski definition) is 3. The van der Waals surface area contributed by atoms with Crippen LogP contribution in [0, 0.1) is 17.5 Å². The topological polar surface area (TPSA) is 66.5 Å². The van der Waals surface area contributed by atoms with Crippen molar-refractivity contribution in [3.63, 3.8) is 0 Å². The van der Waals surface area contributed by atoms with Crippen molar-refractivity contribution in [1.82, 2.24) is 5.32 Å². The van der Waals surface area contributed by atoms with E-state index in [1.165, 1.54) is 56.4 Å². The molecule has 0 bridgehead atoms. The number of aryl methyl sites for hydroxylation is 1. The Balaban J connectivity index is 2.13. The number of benzene rings is 3. The van der Waals surface area contributed by atoms with Crippen LogP contribution < -0.4 is 9.62 Å². The Morgan fingerprint density at radius 1 is 1.00 bits per heavy atom. The average Bonchev–Trinajstić information content (AvgIpc) is 2.81. The smallest absolute Gasteiger partial charge is 0.264 e. The maximum atomic E-state index is 14.9. The Morgan fingerprint density at radius 2 is 1.63 bits per heavy atom. The van der Waals surface area contributed by atoms with Crippen molar-refractivity contribution in [1.29, 1.82) is 0 Å². The highest BCUT2D eigenvalue weighted by atomic mass is 35.5. The van der Waals surface area contributed by atoms with Gasteiger partial charge in [-0.15, -0.1) is 0 Å². The number of anilines is 1. The number of rotatable bonds is 9. The molecule has 10 heteroatoms. The molecule has 3 rings (SSSR count). The van der Waals surface area contributed by atoms with E-state index in [2.05, 4.69) is 5.32 Å². The van der Waals surface area contributed by atoms with E-state index >= 15 is 0 Å². The van der Waals surface area contributed by atoms with Crippen LogP contribution in [0.3, 0.4) is 0 Å². The number of sulfonamides is 1. The van der Waals surface area contributed by atoms with E-state index in [4.69, 9.17) is 11.6 Å². The molecule has 3 aromatic carbocycles. The molecular formula is C25H24ClF3N2O3S. The first kappa shape index (κ1) is 26.6. The van der Waals surface area contributed by atoms with Gasteiger partial charge in [0.05, 0.1) is 16.6 Å². The van der Waals surface area contributed by atoms with Gasteiger partial charge in [-0.05, 0) is 79.4 Å². The summed E-state index contributed by atoms with van der Waals surface area (Å²) in [6.45, 7) is 1.51. The molecule has 1 unspecified atom stereocenters. The molecule has 1 atom stereocenters. The van der Waals surface area contributed by atoms with Gasteiger partial charge < -0.3 is 5.32 Å². The Labute approximate surface area is 207 Å². The second-order valence-corrected chi connectivity index (χ2v) is 10.1. The van der Waals surface area contributed by atoms with Crippen LogP contribution in [0.4, 0.5) is 18.9 Å². The lowest BCUT2D eigenvalue weighted by molar-refractivity contribution is -0.120. The molecule has 0 fully saturated rings.